The van der Waals surface area contributed by atoms with Gasteiger partial charge in [0.1, 0.15) is 23.3 Å². The van der Waals surface area contributed by atoms with Crippen molar-refractivity contribution in [2.24, 2.45) is 4.99 Å². The van der Waals surface area contributed by atoms with Gasteiger partial charge in [0.05, 0.1) is 40.1 Å². The summed E-state index contributed by atoms with van der Waals surface area (Å²) in [5, 5.41) is 9.50. The van der Waals surface area contributed by atoms with Crippen LogP contribution in [-0.2, 0) is 9.53 Å². The van der Waals surface area contributed by atoms with Crippen LogP contribution in [0, 0.1) is 0 Å². The second kappa shape index (κ2) is 11.0. The van der Waals surface area contributed by atoms with Crippen molar-refractivity contribution in [2.45, 2.75) is 19.9 Å². The molecule has 1 N–H and O–H groups in total. The summed E-state index contributed by atoms with van der Waals surface area (Å²) in [5.74, 6) is -0.416. The van der Waals surface area contributed by atoms with E-state index < -0.39 is 18.0 Å². The van der Waals surface area contributed by atoms with Gasteiger partial charge in [-0.05, 0) is 50.2 Å². The Bertz CT molecular complexity index is 1870. The standard InChI is InChI=1S/C29H23ClN2O7S/c1-4-38-28(36)24-15(2)31-29-32(25(24)18-7-5-6-8-22(18)37-3)26(33)23(40-29)14-17-10-12-21(39-17)16-9-11-20(30)19(13-16)27(34)35/h5-14,25H,4H2,1-3H3,(H,34,35)/b23-14-. The Labute approximate surface area is 236 Å². The summed E-state index contributed by atoms with van der Waals surface area (Å²) in [5.41, 5.74) is 1.42. The van der Waals surface area contributed by atoms with Gasteiger partial charge in [-0.1, -0.05) is 41.1 Å². The molecule has 11 heteroatoms. The van der Waals surface area contributed by atoms with Crippen molar-refractivity contribution in [1.29, 1.82) is 0 Å². The average Bonchev–Trinajstić information content (AvgIpc) is 3.52. The first kappa shape index (κ1) is 27.2. The number of para-hydroxylation sites is 1. The number of carbonyl (C=O) groups is 2. The minimum atomic E-state index is -1.15. The number of allylic oxidation sites excluding steroid dienone is 1. The number of methoxy groups -OCH3 is 1. The molecule has 0 amide bonds. The van der Waals surface area contributed by atoms with E-state index in [-0.39, 0.29) is 28.3 Å². The molecule has 0 bridgehead atoms. The number of thiazole rings is 1. The zero-order valence-electron chi connectivity index (χ0n) is 21.6. The highest BCUT2D eigenvalue weighted by atomic mass is 35.5. The zero-order chi connectivity index (χ0) is 28.6. The van der Waals surface area contributed by atoms with Gasteiger partial charge >= 0.3 is 11.9 Å². The van der Waals surface area contributed by atoms with E-state index in [0.29, 0.717) is 43.4 Å². The third-order valence-corrected chi connectivity index (χ3v) is 7.64. The molecule has 1 aliphatic heterocycles. The molecule has 2 aromatic carbocycles. The maximum Gasteiger partial charge on any atom is 0.338 e. The number of aromatic carboxylic acids is 1. The van der Waals surface area contributed by atoms with E-state index in [1.807, 2.05) is 6.07 Å². The number of halogens is 1. The number of rotatable bonds is 7. The molecular formula is C29H23ClN2O7S. The summed E-state index contributed by atoms with van der Waals surface area (Å²) in [6, 6.07) is 14.3. The number of esters is 1. The van der Waals surface area contributed by atoms with Crippen LogP contribution < -0.4 is 19.6 Å². The molecule has 1 aliphatic rings. The van der Waals surface area contributed by atoms with Crippen LogP contribution in [0.2, 0.25) is 5.02 Å². The second-order valence-corrected chi connectivity index (χ2v) is 10.2. The minimum Gasteiger partial charge on any atom is -0.496 e. The van der Waals surface area contributed by atoms with Gasteiger partial charge < -0.3 is 19.0 Å². The number of aromatic nitrogens is 1. The van der Waals surface area contributed by atoms with Crippen LogP contribution in [0.5, 0.6) is 5.75 Å². The maximum absolute atomic E-state index is 13.8. The second-order valence-electron chi connectivity index (χ2n) is 8.75. The van der Waals surface area contributed by atoms with Gasteiger partial charge in [-0.3, -0.25) is 9.36 Å². The predicted molar refractivity (Wildman–Crippen MR) is 150 cm³/mol. The first-order valence-corrected chi connectivity index (χ1v) is 13.4. The van der Waals surface area contributed by atoms with E-state index in [9.17, 15) is 19.5 Å². The molecule has 5 rings (SSSR count). The molecule has 4 aromatic rings. The molecule has 0 fully saturated rings. The predicted octanol–water partition coefficient (Wildman–Crippen LogP) is 4.42. The van der Waals surface area contributed by atoms with E-state index in [4.69, 9.17) is 25.5 Å². The summed E-state index contributed by atoms with van der Waals surface area (Å²) in [7, 11) is 1.53. The lowest BCUT2D eigenvalue weighted by atomic mass is 9.95. The van der Waals surface area contributed by atoms with E-state index in [1.165, 1.54) is 23.8 Å². The highest BCUT2D eigenvalue weighted by Gasteiger charge is 2.35. The van der Waals surface area contributed by atoms with E-state index >= 15 is 0 Å². The molecule has 3 heterocycles. The lowest BCUT2D eigenvalue weighted by Gasteiger charge is -2.25. The Morgan fingerprint density at radius 1 is 1.20 bits per heavy atom. The van der Waals surface area contributed by atoms with E-state index in [2.05, 4.69) is 4.99 Å². The quantitative estimate of drug-likeness (QED) is 0.322. The number of nitrogens with zero attached hydrogens (tertiary/aromatic N) is 2. The number of carboxylic acid groups (broad SMARTS) is 1. The number of carboxylic acids is 1. The first-order valence-electron chi connectivity index (χ1n) is 12.2. The first-order chi connectivity index (χ1) is 19.2. The molecule has 0 spiro atoms. The number of carbonyl (C=O) groups excluding carboxylic acids is 1. The third kappa shape index (κ3) is 4.87. The smallest absolute Gasteiger partial charge is 0.338 e. The number of hydrogen-bond acceptors (Lipinski definition) is 8. The van der Waals surface area contributed by atoms with Crippen LogP contribution in [-0.4, -0.2) is 35.3 Å². The molecule has 1 unspecified atom stereocenters. The number of ether oxygens (including phenoxy) is 2. The fraction of sp³-hybridized carbons (Fsp3) is 0.172. The Hall–Kier alpha value is -4.41. The Morgan fingerprint density at radius 3 is 2.70 bits per heavy atom. The van der Waals surface area contributed by atoms with Gasteiger partial charge in [0, 0.05) is 17.2 Å². The van der Waals surface area contributed by atoms with Crippen molar-refractivity contribution in [2.75, 3.05) is 13.7 Å². The van der Waals surface area contributed by atoms with Crippen molar-refractivity contribution in [3.05, 3.63) is 107 Å². The van der Waals surface area contributed by atoms with Crippen molar-refractivity contribution in [3.8, 4) is 17.1 Å². The molecule has 1 atom stereocenters. The number of hydrogen-bond donors (Lipinski definition) is 1. The molecule has 0 aliphatic carbocycles. The lowest BCUT2D eigenvalue weighted by Crippen LogP contribution is -2.40. The van der Waals surface area contributed by atoms with Gasteiger partial charge in [-0.25, -0.2) is 14.6 Å². The van der Waals surface area contributed by atoms with E-state index in [1.54, 1.807) is 56.3 Å². The van der Waals surface area contributed by atoms with Gasteiger partial charge in [0.25, 0.3) is 5.56 Å². The van der Waals surface area contributed by atoms with Crippen molar-refractivity contribution in [3.63, 3.8) is 0 Å². The average molecular weight is 579 g/mol. The maximum atomic E-state index is 13.8. The summed E-state index contributed by atoms with van der Waals surface area (Å²) >= 11 is 7.15. The minimum absolute atomic E-state index is 0.0467. The Balaban J connectivity index is 1.64. The third-order valence-electron chi connectivity index (χ3n) is 6.33. The van der Waals surface area contributed by atoms with E-state index in [0.717, 1.165) is 11.3 Å². The van der Waals surface area contributed by atoms with Crippen LogP contribution in [0.15, 0.2) is 80.1 Å². The largest absolute Gasteiger partial charge is 0.496 e. The van der Waals surface area contributed by atoms with Crippen molar-refractivity contribution in [1.82, 2.24) is 4.57 Å². The lowest BCUT2D eigenvalue weighted by molar-refractivity contribution is -0.139. The van der Waals surface area contributed by atoms with Gasteiger partial charge in [-0.2, -0.15) is 0 Å². The summed E-state index contributed by atoms with van der Waals surface area (Å²) < 4.78 is 18.6. The molecule has 0 saturated heterocycles. The topological polar surface area (TPSA) is 120 Å². The SMILES string of the molecule is CCOC(=O)C1=C(C)N=c2s/c(=C\c3ccc(-c4ccc(Cl)c(C(=O)O)c4)o3)c(=O)n2C1c1ccccc1OC. The number of fused-ring (bicyclic) bond motifs is 1. The summed E-state index contributed by atoms with van der Waals surface area (Å²) in [6.45, 7) is 3.59. The van der Waals surface area contributed by atoms with Gasteiger partial charge in [0.15, 0.2) is 4.80 Å². The molecule has 0 radical (unpaired) electrons. The normalized spacial score (nSPS) is 15.0. The molecular weight excluding hydrogens is 556 g/mol. The fourth-order valence-electron chi connectivity index (χ4n) is 4.54. The summed E-state index contributed by atoms with van der Waals surface area (Å²) in [4.78, 5) is 43.3. The van der Waals surface area contributed by atoms with Crippen LogP contribution in [0.25, 0.3) is 17.4 Å². The monoisotopic (exact) mass is 578 g/mol. The summed E-state index contributed by atoms with van der Waals surface area (Å²) in [6.07, 6.45) is 1.59. The highest BCUT2D eigenvalue weighted by Crippen LogP contribution is 2.35. The van der Waals surface area contributed by atoms with Crippen LogP contribution in [0.4, 0.5) is 0 Å². The molecule has 40 heavy (non-hydrogen) atoms. The van der Waals surface area contributed by atoms with Crippen LogP contribution in [0.1, 0.15) is 41.6 Å². The fourth-order valence-corrected chi connectivity index (χ4v) is 5.76. The Kier molecular flexibility index (Phi) is 7.46. The molecule has 204 valence electrons. The van der Waals surface area contributed by atoms with Crippen LogP contribution >= 0.6 is 22.9 Å². The Morgan fingerprint density at radius 2 is 1.98 bits per heavy atom. The zero-order valence-corrected chi connectivity index (χ0v) is 23.2. The number of furan rings is 1. The molecule has 9 nitrogen and oxygen atoms in total. The van der Waals surface area contributed by atoms with Crippen molar-refractivity contribution < 1.29 is 28.6 Å². The molecule has 2 aromatic heterocycles. The van der Waals surface area contributed by atoms with Crippen LogP contribution in [0.3, 0.4) is 0 Å². The number of benzene rings is 2. The van der Waals surface area contributed by atoms with Gasteiger partial charge in [0.2, 0.25) is 0 Å². The van der Waals surface area contributed by atoms with Gasteiger partial charge in [-0.15, -0.1) is 0 Å². The van der Waals surface area contributed by atoms with Crippen molar-refractivity contribution >= 4 is 41.0 Å². The molecule has 0 saturated carbocycles. The highest BCUT2D eigenvalue weighted by molar-refractivity contribution is 7.07.